The first-order valence-corrected chi connectivity index (χ1v) is 6.86. The summed E-state index contributed by atoms with van der Waals surface area (Å²) in [6.45, 7) is 0.407. The second-order valence-corrected chi connectivity index (χ2v) is 5.32. The van der Waals surface area contributed by atoms with E-state index in [1.165, 1.54) is 0 Å². The van der Waals surface area contributed by atoms with E-state index < -0.39 is 0 Å². The molecule has 0 radical (unpaired) electrons. The van der Waals surface area contributed by atoms with Crippen molar-refractivity contribution < 1.29 is 9.21 Å². The number of aromatic nitrogens is 2. The zero-order valence-electron chi connectivity index (χ0n) is 10.8. The number of para-hydroxylation sites is 1. The van der Waals surface area contributed by atoms with Crippen LogP contribution in [0.3, 0.4) is 0 Å². The molecule has 0 spiro atoms. The van der Waals surface area contributed by atoms with Crippen molar-refractivity contribution in [3.63, 3.8) is 0 Å². The Kier molecular flexibility index (Phi) is 3.31. The highest BCUT2D eigenvalue weighted by atomic mass is 79.9. The fraction of sp³-hybridized carbons (Fsp3) is 0.143. The molecule has 20 heavy (non-hydrogen) atoms. The van der Waals surface area contributed by atoms with Crippen LogP contribution in [0.1, 0.15) is 16.4 Å². The van der Waals surface area contributed by atoms with E-state index in [1.807, 2.05) is 18.2 Å². The van der Waals surface area contributed by atoms with Crippen molar-refractivity contribution in [1.29, 1.82) is 0 Å². The van der Waals surface area contributed by atoms with E-state index in [0.717, 1.165) is 15.7 Å². The number of nitrogens with one attached hydrogen (secondary N) is 1. The van der Waals surface area contributed by atoms with Crippen molar-refractivity contribution in [2.45, 2.75) is 6.54 Å². The Morgan fingerprint density at radius 2 is 2.35 bits per heavy atom. The van der Waals surface area contributed by atoms with E-state index in [4.69, 9.17) is 4.42 Å². The standard InChI is InChI=1S/C14H12BrN3O2/c1-18(8-12-16-5-6-17-12)14(19)11-7-9-3-2-4-10(15)13(9)20-11/h2-7H,8H2,1H3,(H,16,17). The van der Waals surface area contributed by atoms with Gasteiger partial charge in [0.1, 0.15) is 11.4 Å². The quantitative estimate of drug-likeness (QED) is 0.800. The first-order valence-electron chi connectivity index (χ1n) is 6.07. The van der Waals surface area contributed by atoms with Crippen LogP contribution >= 0.6 is 15.9 Å². The van der Waals surface area contributed by atoms with Crippen molar-refractivity contribution in [3.8, 4) is 0 Å². The lowest BCUT2D eigenvalue weighted by Gasteiger charge is -2.13. The summed E-state index contributed by atoms with van der Waals surface area (Å²) in [6.07, 6.45) is 3.39. The molecule has 3 aromatic rings. The summed E-state index contributed by atoms with van der Waals surface area (Å²) in [5, 5.41) is 0.897. The van der Waals surface area contributed by atoms with Gasteiger partial charge in [-0.2, -0.15) is 0 Å². The third-order valence-corrected chi connectivity index (χ3v) is 3.62. The van der Waals surface area contributed by atoms with E-state index in [9.17, 15) is 4.79 Å². The minimum Gasteiger partial charge on any atom is -0.450 e. The number of hydrogen-bond acceptors (Lipinski definition) is 3. The van der Waals surface area contributed by atoms with Crippen molar-refractivity contribution in [2.75, 3.05) is 7.05 Å². The average molecular weight is 334 g/mol. The Balaban J connectivity index is 1.86. The summed E-state index contributed by atoms with van der Waals surface area (Å²) >= 11 is 3.41. The second kappa shape index (κ2) is 5.13. The van der Waals surface area contributed by atoms with Gasteiger partial charge in [0.05, 0.1) is 11.0 Å². The molecule has 0 atom stereocenters. The van der Waals surface area contributed by atoms with Gasteiger partial charge in [0.25, 0.3) is 5.91 Å². The normalized spacial score (nSPS) is 10.9. The van der Waals surface area contributed by atoms with Gasteiger partial charge in [0.15, 0.2) is 5.76 Å². The summed E-state index contributed by atoms with van der Waals surface area (Å²) in [7, 11) is 1.72. The highest BCUT2D eigenvalue weighted by Gasteiger charge is 2.18. The Morgan fingerprint density at radius 1 is 1.50 bits per heavy atom. The van der Waals surface area contributed by atoms with E-state index in [-0.39, 0.29) is 5.91 Å². The summed E-state index contributed by atoms with van der Waals surface area (Å²) in [5.74, 6) is 0.878. The summed E-state index contributed by atoms with van der Waals surface area (Å²) < 4.78 is 6.47. The van der Waals surface area contributed by atoms with Gasteiger partial charge in [0.2, 0.25) is 0 Å². The smallest absolute Gasteiger partial charge is 0.289 e. The number of nitrogens with zero attached hydrogens (tertiary/aromatic N) is 2. The molecule has 0 unspecified atom stereocenters. The van der Waals surface area contributed by atoms with Gasteiger partial charge in [-0.25, -0.2) is 4.98 Å². The lowest BCUT2D eigenvalue weighted by Crippen LogP contribution is -2.26. The first-order chi connectivity index (χ1) is 9.65. The Hall–Kier alpha value is -2.08. The number of hydrogen-bond donors (Lipinski definition) is 1. The molecule has 0 saturated heterocycles. The summed E-state index contributed by atoms with van der Waals surface area (Å²) in [4.78, 5) is 21.0. The third-order valence-electron chi connectivity index (χ3n) is 3.00. The van der Waals surface area contributed by atoms with Crippen molar-refractivity contribution >= 4 is 32.8 Å². The van der Waals surface area contributed by atoms with Gasteiger partial charge in [-0.05, 0) is 28.1 Å². The fourth-order valence-corrected chi connectivity index (χ4v) is 2.46. The van der Waals surface area contributed by atoms with Gasteiger partial charge in [-0.15, -0.1) is 0 Å². The monoisotopic (exact) mass is 333 g/mol. The Bertz CT molecular complexity index is 749. The molecule has 2 heterocycles. The van der Waals surface area contributed by atoms with Crippen LogP contribution in [0, 0.1) is 0 Å². The molecular weight excluding hydrogens is 322 g/mol. The van der Waals surface area contributed by atoms with Crippen LogP contribution in [0.15, 0.2) is 45.5 Å². The van der Waals surface area contributed by atoms with Crippen molar-refractivity contribution in [1.82, 2.24) is 14.9 Å². The van der Waals surface area contributed by atoms with E-state index >= 15 is 0 Å². The molecule has 5 nitrogen and oxygen atoms in total. The van der Waals surface area contributed by atoms with Crippen LogP contribution in [0.25, 0.3) is 11.0 Å². The number of carbonyl (C=O) groups is 1. The molecule has 1 aromatic carbocycles. The second-order valence-electron chi connectivity index (χ2n) is 4.47. The van der Waals surface area contributed by atoms with Crippen LogP contribution in [0.5, 0.6) is 0 Å². The van der Waals surface area contributed by atoms with Gasteiger partial charge in [0, 0.05) is 24.8 Å². The minimum atomic E-state index is -0.176. The lowest BCUT2D eigenvalue weighted by molar-refractivity contribution is 0.0752. The molecule has 102 valence electrons. The van der Waals surface area contributed by atoms with Gasteiger partial charge < -0.3 is 14.3 Å². The zero-order valence-corrected chi connectivity index (χ0v) is 12.3. The van der Waals surface area contributed by atoms with Gasteiger partial charge in [-0.3, -0.25) is 4.79 Å². The number of benzene rings is 1. The Labute approximate surface area is 123 Å². The van der Waals surface area contributed by atoms with Crippen LogP contribution in [0.4, 0.5) is 0 Å². The zero-order chi connectivity index (χ0) is 14.1. The van der Waals surface area contributed by atoms with E-state index in [1.54, 1.807) is 30.4 Å². The van der Waals surface area contributed by atoms with Gasteiger partial charge >= 0.3 is 0 Å². The maximum Gasteiger partial charge on any atom is 0.289 e. The lowest BCUT2D eigenvalue weighted by atomic mass is 10.2. The van der Waals surface area contributed by atoms with Crippen molar-refractivity contribution in [3.05, 3.63) is 52.7 Å². The topological polar surface area (TPSA) is 62.1 Å². The average Bonchev–Trinajstić information content (AvgIpc) is 3.07. The van der Waals surface area contributed by atoms with Crippen molar-refractivity contribution in [2.24, 2.45) is 0 Å². The minimum absolute atomic E-state index is 0.176. The van der Waals surface area contributed by atoms with E-state index in [0.29, 0.717) is 17.9 Å². The van der Waals surface area contributed by atoms with E-state index in [2.05, 4.69) is 25.9 Å². The first kappa shape index (κ1) is 12.9. The number of H-pyrrole nitrogens is 1. The third kappa shape index (κ3) is 2.34. The molecule has 6 heteroatoms. The maximum atomic E-state index is 12.3. The molecule has 0 aliphatic carbocycles. The molecule has 0 fully saturated rings. The molecular formula is C14H12BrN3O2. The number of carbonyl (C=O) groups excluding carboxylic acids is 1. The molecule has 0 saturated carbocycles. The van der Waals surface area contributed by atoms with Crippen LogP contribution in [-0.2, 0) is 6.54 Å². The number of aromatic amines is 1. The van der Waals surface area contributed by atoms with Crippen LogP contribution in [-0.4, -0.2) is 27.8 Å². The number of furan rings is 1. The molecule has 1 amide bonds. The number of rotatable bonds is 3. The number of fused-ring (bicyclic) bond motifs is 1. The molecule has 0 bridgehead atoms. The maximum absolute atomic E-state index is 12.3. The summed E-state index contributed by atoms with van der Waals surface area (Å²) in [6, 6.07) is 7.45. The predicted molar refractivity (Wildman–Crippen MR) is 78.3 cm³/mol. The molecule has 0 aliphatic rings. The fourth-order valence-electron chi connectivity index (χ4n) is 2.00. The molecule has 1 N–H and O–H groups in total. The molecule has 0 aliphatic heterocycles. The number of amides is 1. The van der Waals surface area contributed by atoms with Gasteiger partial charge in [-0.1, -0.05) is 12.1 Å². The molecule has 3 rings (SSSR count). The number of imidazole rings is 1. The SMILES string of the molecule is CN(Cc1ncc[nH]1)C(=O)c1cc2cccc(Br)c2o1. The summed E-state index contributed by atoms with van der Waals surface area (Å²) in [5.41, 5.74) is 0.683. The Morgan fingerprint density at radius 3 is 3.05 bits per heavy atom. The predicted octanol–water partition coefficient (Wildman–Crippen LogP) is 3.19. The van der Waals surface area contributed by atoms with Crippen LogP contribution in [0.2, 0.25) is 0 Å². The largest absolute Gasteiger partial charge is 0.450 e. The highest BCUT2D eigenvalue weighted by Crippen LogP contribution is 2.27. The number of halogens is 1. The van der Waals surface area contributed by atoms with Crippen LogP contribution < -0.4 is 0 Å². The molecule has 2 aromatic heterocycles. The highest BCUT2D eigenvalue weighted by molar-refractivity contribution is 9.10.